The molecule has 4 fully saturated rings. The summed E-state index contributed by atoms with van der Waals surface area (Å²) in [6.45, 7) is 6.23. The average molecular weight is 382 g/mol. The Morgan fingerprint density at radius 2 is 2.04 bits per heavy atom. The Hall–Kier alpha value is -1.39. The van der Waals surface area contributed by atoms with Crippen LogP contribution in [-0.4, -0.2) is 42.3 Å². The van der Waals surface area contributed by atoms with Crippen LogP contribution in [0.4, 0.5) is 0 Å². The van der Waals surface area contributed by atoms with Crippen molar-refractivity contribution in [2.24, 2.45) is 23.2 Å². The Balaban J connectivity index is 1.21. The summed E-state index contributed by atoms with van der Waals surface area (Å²) in [5, 5.41) is 0. The van der Waals surface area contributed by atoms with Crippen LogP contribution in [0.5, 0.6) is 0 Å². The lowest BCUT2D eigenvalue weighted by Crippen LogP contribution is -2.51. The standard InChI is InChI=1S/C24H31NO3/c1-23-8-4-9-24(15-27-24)21(23)11-18-19(22(26)28-20(18)12-23)14-25-10-7-16-5-2-3-6-17(16)13-25/h2-3,5-6,18-21H,4,7-15H2,1H3/t18-,19?,20-,21?,23-,24+/m1/s1. The van der Waals surface area contributed by atoms with Crippen LogP contribution in [-0.2, 0) is 27.2 Å². The number of hydrogen-bond donors (Lipinski definition) is 0. The predicted molar refractivity (Wildman–Crippen MR) is 106 cm³/mol. The molecule has 6 rings (SSSR count). The summed E-state index contributed by atoms with van der Waals surface area (Å²) in [7, 11) is 0. The van der Waals surface area contributed by atoms with Crippen LogP contribution >= 0.6 is 0 Å². The maximum absolute atomic E-state index is 12.9. The Kier molecular flexibility index (Phi) is 3.78. The molecule has 0 bridgehead atoms. The molecule has 1 spiro atoms. The van der Waals surface area contributed by atoms with Gasteiger partial charge in [0.05, 0.1) is 18.1 Å². The van der Waals surface area contributed by atoms with Gasteiger partial charge in [0.25, 0.3) is 0 Å². The molecule has 1 aromatic carbocycles. The van der Waals surface area contributed by atoms with Crippen molar-refractivity contribution in [1.82, 2.24) is 4.90 Å². The lowest BCUT2D eigenvalue weighted by atomic mass is 9.53. The zero-order valence-corrected chi connectivity index (χ0v) is 16.9. The first-order valence-electron chi connectivity index (χ1n) is 11.2. The summed E-state index contributed by atoms with van der Waals surface area (Å²) in [4.78, 5) is 15.3. The average Bonchev–Trinajstić information content (AvgIpc) is 3.39. The quantitative estimate of drug-likeness (QED) is 0.580. The van der Waals surface area contributed by atoms with E-state index in [1.807, 2.05) is 0 Å². The molecular weight excluding hydrogens is 350 g/mol. The summed E-state index contributed by atoms with van der Waals surface area (Å²) in [6.07, 6.45) is 7.10. The van der Waals surface area contributed by atoms with Crippen molar-refractivity contribution >= 4 is 5.97 Å². The SMILES string of the molecule is C[C@]12CCC[C@]3(CO3)C1C[C@@H]1C(CN3CCc4ccccc4C3)C(=O)O[C@@H]1C2. The van der Waals surface area contributed by atoms with E-state index in [-0.39, 0.29) is 29.0 Å². The highest BCUT2D eigenvalue weighted by atomic mass is 16.6. The van der Waals surface area contributed by atoms with Gasteiger partial charge in [-0.3, -0.25) is 9.69 Å². The first-order valence-corrected chi connectivity index (χ1v) is 11.2. The van der Waals surface area contributed by atoms with Crippen molar-refractivity contribution in [3.05, 3.63) is 35.4 Å². The molecule has 0 aromatic heterocycles. The number of epoxide rings is 1. The molecule has 4 heteroatoms. The van der Waals surface area contributed by atoms with Gasteiger partial charge in [0, 0.05) is 25.6 Å². The highest BCUT2D eigenvalue weighted by molar-refractivity contribution is 5.75. The van der Waals surface area contributed by atoms with Gasteiger partial charge in [0.2, 0.25) is 0 Å². The number of fused-ring (bicyclic) bond motifs is 4. The van der Waals surface area contributed by atoms with Gasteiger partial charge in [0.1, 0.15) is 6.10 Å². The molecule has 2 saturated heterocycles. The second kappa shape index (κ2) is 6.06. The minimum Gasteiger partial charge on any atom is -0.462 e. The van der Waals surface area contributed by atoms with Gasteiger partial charge in [-0.15, -0.1) is 0 Å². The molecule has 4 nitrogen and oxygen atoms in total. The molecule has 28 heavy (non-hydrogen) atoms. The highest BCUT2D eigenvalue weighted by Gasteiger charge is 2.65. The zero-order chi connectivity index (χ0) is 18.9. The second-order valence-electron chi connectivity index (χ2n) is 10.4. The number of carbonyl (C=O) groups excluding carboxylic acids is 1. The Morgan fingerprint density at radius 3 is 2.86 bits per heavy atom. The van der Waals surface area contributed by atoms with E-state index in [1.54, 1.807) is 0 Å². The zero-order valence-electron chi connectivity index (χ0n) is 16.9. The molecule has 0 radical (unpaired) electrons. The topological polar surface area (TPSA) is 42.1 Å². The van der Waals surface area contributed by atoms with Gasteiger partial charge in [-0.05, 0) is 61.0 Å². The maximum atomic E-state index is 12.9. The normalized spacial score (nSPS) is 44.5. The molecule has 2 saturated carbocycles. The van der Waals surface area contributed by atoms with E-state index >= 15 is 0 Å². The first-order chi connectivity index (χ1) is 13.6. The van der Waals surface area contributed by atoms with E-state index in [9.17, 15) is 4.79 Å². The van der Waals surface area contributed by atoms with Gasteiger partial charge in [-0.2, -0.15) is 0 Å². The van der Waals surface area contributed by atoms with E-state index in [1.165, 1.54) is 30.4 Å². The number of hydrogen-bond acceptors (Lipinski definition) is 4. The molecule has 6 atom stereocenters. The maximum Gasteiger partial charge on any atom is 0.310 e. The number of esters is 1. The van der Waals surface area contributed by atoms with Gasteiger partial charge in [-0.1, -0.05) is 31.2 Å². The van der Waals surface area contributed by atoms with Gasteiger partial charge in [0.15, 0.2) is 0 Å². The van der Waals surface area contributed by atoms with E-state index in [4.69, 9.17) is 9.47 Å². The third-order valence-corrected chi connectivity index (χ3v) is 8.74. The fourth-order valence-electron chi connectivity index (χ4n) is 7.15. The summed E-state index contributed by atoms with van der Waals surface area (Å²) >= 11 is 0. The smallest absolute Gasteiger partial charge is 0.310 e. The van der Waals surface area contributed by atoms with E-state index in [0.717, 1.165) is 45.5 Å². The van der Waals surface area contributed by atoms with Gasteiger partial charge < -0.3 is 9.47 Å². The highest BCUT2D eigenvalue weighted by Crippen LogP contribution is 2.62. The largest absolute Gasteiger partial charge is 0.462 e. The molecule has 3 aliphatic heterocycles. The minimum absolute atomic E-state index is 0.0394. The Bertz CT molecular complexity index is 803. The van der Waals surface area contributed by atoms with Crippen molar-refractivity contribution in [1.29, 1.82) is 0 Å². The van der Waals surface area contributed by atoms with Crippen LogP contribution < -0.4 is 0 Å². The van der Waals surface area contributed by atoms with Crippen molar-refractivity contribution < 1.29 is 14.3 Å². The first kappa shape index (κ1) is 17.5. The summed E-state index contributed by atoms with van der Waals surface area (Å²) in [5.74, 6) is 1.08. The van der Waals surface area contributed by atoms with Crippen LogP contribution in [0.3, 0.4) is 0 Å². The molecule has 2 unspecified atom stereocenters. The third-order valence-electron chi connectivity index (χ3n) is 8.74. The predicted octanol–water partition coefficient (Wildman–Crippen LogP) is 3.57. The van der Waals surface area contributed by atoms with Crippen molar-refractivity contribution in [2.45, 2.75) is 63.7 Å². The number of ether oxygens (including phenoxy) is 2. The number of benzene rings is 1. The Morgan fingerprint density at radius 1 is 1.21 bits per heavy atom. The second-order valence-corrected chi connectivity index (χ2v) is 10.4. The van der Waals surface area contributed by atoms with Crippen LogP contribution in [0, 0.1) is 23.2 Å². The van der Waals surface area contributed by atoms with Gasteiger partial charge >= 0.3 is 5.97 Å². The lowest BCUT2D eigenvalue weighted by molar-refractivity contribution is -0.147. The fraction of sp³-hybridized carbons (Fsp3) is 0.708. The number of carbonyl (C=O) groups is 1. The van der Waals surface area contributed by atoms with E-state index in [0.29, 0.717) is 11.8 Å². The van der Waals surface area contributed by atoms with Crippen molar-refractivity contribution in [3.63, 3.8) is 0 Å². The summed E-state index contributed by atoms with van der Waals surface area (Å²) in [5.41, 5.74) is 3.31. The van der Waals surface area contributed by atoms with Crippen LogP contribution in [0.15, 0.2) is 24.3 Å². The molecule has 5 aliphatic rings. The molecule has 3 heterocycles. The third kappa shape index (κ3) is 2.60. The van der Waals surface area contributed by atoms with Crippen molar-refractivity contribution in [2.75, 3.05) is 19.7 Å². The number of nitrogens with zero attached hydrogens (tertiary/aromatic N) is 1. The van der Waals surface area contributed by atoms with E-state index < -0.39 is 0 Å². The van der Waals surface area contributed by atoms with Crippen molar-refractivity contribution in [3.8, 4) is 0 Å². The Labute approximate surface area is 167 Å². The van der Waals surface area contributed by atoms with E-state index in [2.05, 4.69) is 36.1 Å². The van der Waals surface area contributed by atoms with Crippen LogP contribution in [0.1, 0.15) is 50.2 Å². The number of rotatable bonds is 2. The van der Waals surface area contributed by atoms with Crippen LogP contribution in [0.2, 0.25) is 0 Å². The molecular formula is C24H31NO3. The molecule has 2 aliphatic carbocycles. The molecule has 0 N–H and O–H groups in total. The molecule has 1 aromatic rings. The summed E-state index contributed by atoms with van der Waals surface area (Å²) in [6, 6.07) is 8.74. The van der Waals surface area contributed by atoms with Crippen LogP contribution in [0.25, 0.3) is 0 Å². The monoisotopic (exact) mass is 381 g/mol. The molecule has 0 amide bonds. The lowest BCUT2D eigenvalue weighted by Gasteiger charge is -2.51. The fourth-order valence-corrected chi connectivity index (χ4v) is 7.15. The summed E-state index contributed by atoms with van der Waals surface area (Å²) < 4.78 is 12.0. The van der Waals surface area contributed by atoms with Gasteiger partial charge in [-0.25, -0.2) is 0 Å². The minimum atomic E-state index is 0.0394. The molecule has 150 valence electrons.